The summed E-state index contributed by atoms with van der Waals surface area (Å²) in [6.07, 6.45) is 0.293. The lowest BCUT2D eigenvalue weighted by Gasteiger charge is -2.11. The highest BCUT2D eigenvalue weighted by atomic mass is 16.5. The van der Waals surface area contributed by atoms with Gasteiger partial charge in [0.1, 0.15) is 5.75 Å². The van der Waals surface area contributed by atoms with Gasteiger partial charge in [-0.1, -0.05) is 48.5 Å². The molecule has 5 heteroatoms. The highest BCUT2D eigenvalue weighted by Gasteiger charge is 2.08. The van der Waals surface area contributed by atoms with Crippen LogP contribution in [0.2, 0.25) is 0 Å². The lowest BCUT2D eigenvalue weighted by atomic mass is 10.1. The zero-order valence-corrected chi connectivity index (χ0v) is 16.6. The van der Waals surface area contributed by atoms with Gasteiger partial charge in [-0.25, -0.2) is 0 Å². The number of hydrogen-bond donors (Lipinski definition) is 2. The van der Waals surface area contributed by atoms with E-state index in [9.17, 15) is 9.59 Å². The van der Waals surface area contributed by atoms with Crippen molar-refractivity contribution in [3.63, 3.8) is 0 Å². The molecule has 0 bridgehead atoms. The minimum atomic E-state index is -0.265. The predicted octanol–water partition coefficient (Wildman–Crippen LogP) is 4.50. The van der Waals surface area contributed by atoms with Crippen LogP contribution in [0.3, 0.4) is 0 Å². The number of amides is 2. The zero-order chi connectivity index (χ0) is 20.6. The molecule has 0 aromatic heterocycles. The molecule has 148 valence electrons. The van der Waals surface area contributed by atoms with E-state index >= 15 is 0 Å². The predicted molar refractivity (Wildman–Crippen MR) is 115 cm³/mol. The molecule has 29 heavy (non-hydrogen) atoms. The van der Waals surface area contributed by atoms with Crippen LogP contribution in [0.15, 0.2) is 72.8 Å². The fourth-order valence-corrected chi connectivity index (χ4v) is 2.86. The number of benzene rings is 3. The number of nitrogens with one attached hydrogen (secondary N) is 2. The van der Waals surface area contributed by atoms with E-state index < -0.39 is 0 Å². The average molecular weight is 388 g/mol. The second-order valence-electron chi connectivity index (χ2n) is 6.90. The largest absolute Gasteiger partial charge is 0.483 e. The quantitative estimate of drug-likeness (QED) is 0.626. The van der Waals surface area contributed by atoms with Crippen LogP contribution >= 0.6 is 0 Å². The topological polar surface area (TPSA) is 67.4 Å². The maximum Gasteiger partial charge on any atom is 0.262 e. The second-order valence-corrected chi connectivity index (χ2v) is 6.90. The lowest BCUT2D eigenvalue weighted by molar-refractivity contribution is -0.118. The minimum absolute atomic E-state index is 0.0884. The molecule has 2 amide bonds. The monoisotopic (exact) mass is 388 g/mol. The summed E-state index contributed by atoms with van der Waals surface area (Å²) in [7, 11) is 0. The van der Waals surface area contributed by atoms with Gasteiger partial charge in [-0.05, 0) is 54.8 Å². The Kier molecular flexibility index (Phi) is 6.63. The van der Waals surface area contributed by atoms with Gasteiger partial charge in [0, 0.05) is 11.4 Å². The second kappa shape index (κ2) is 9.55. The van der Waals surface area contributed by atoms with Crippen LogP contribution in [0.5, 0.6) is 5.75 Å². The highest BCUT2D eigenvalue weighted by molar-refractivity contribution is 5.95. The molecule has 3 rings (SSSR count). The Morgan fingerprint density at radius 2 is 1.48 bits per heavy atom. The number of carbonyl (C=O) groups is 2. The third kappa shape index (κ3) is 6.21. The van der Waals surface area contributed by atoms with Gasteiger partial charge in [0.25, 0.3) is 5.91 Å². The van der Waals surface area contributed by atoms with Gasteiger partial charge in [-0.15, -0.1) is 0 Å². The molecule has 0 aliphatic rings. The van der Waals surface area contributed by atoms with Gasteiger partial charge in [0.15, 0.2) is 6.61 Å². The summed E-state index contributed by atoms with van der Waals surface area (Å²) in [4.78, 5) is 24.4. The van der Waals surface area contributed by atoms with Crippen molar-refractivity contribution in [1.29, 1.82) is 0 Å². The maximum atomic E-state index is 12.2. The Hall–Kier alpha value is -3.60. The summed E-state index contributed by atoms with van der Waals surface area (Å²) < 4.78 is 5.63. The molecule has 0 saturated heterocycles. The van der Waals surface area contributed by atoms with E-state index in [4.69, 9.17) is 4.74 Å². The summed E-state index contributed by atoms with van der Waals surface area (Å²) in [6.45, 7) is 3.83. The first kappa shape index (κ1) is 20.1. The van der Waals surface area contributed by atoms with Crippen molar-refractivity contribution < 1.29 is 14.3 Å². The Bertz CT molecular complexity index is 1000. The number of ether oxygens (including phenoxy) is 1. The van der Waals surface area contributed by atoms with E-state index in [1.165, 1.54) is 0 Å². The maximum absolute atomic E-state index is 12.2. The van der Waals surface area contributed by atoms with E-state index in [0.29, 0.717) is 23.5 Å². The zero-order valence-electron chi connectivity index (χ0n) is 16.6. The van der Waals surface area contributed by atoms with Crippen LogP contribution in [0.1, 0.15) is 16.7 Å². The first-order valence-corrected chi connectivity index (χ1v) is 9.43. The molecule has 0 saturated carbocycles. The molecular weight excluding hydrogens is 364 g/mol. The van der Waals surface area contributed by atoms with Gasteiger partial charge in [0.2, 0.25) is 5.91 Å². The number of hydrogen-bond acceptors (Lipinski definition) is 3. The SMILES string of the molecule is Cc1ccc(C)c(OCC(=O)Nc2cccc(NC(=O)Cc3ccccc3)c2)c1. The molecule has 0 aliphatic heterocycles. The summed E-state index contributed by atoms with van der Waals surface area (Å²) in [5, 5.41) is 5.65. The Morgan fingerprint density at radius 1 is 0.793 bits per heavy atom. The Balaban J connectivity index is 1.54. The van der Waals surface area contributed by atoms with E-state index in [-0.39, 0.29) is 18.4 Å². The first-order chi connectivity index (χ1) is 14.0. The highest BCUT2D eigenvalue weighted by Crippen LogP contribution is 2.19. The van der Waals surface area contributed by atoms with Crippen LogP contribution in [-0.4, -0.2) is 18.4 Å². The van der Waals surface area contributed by atoms with Crippen molar-refractivity contribution in [2.45, 2.75) is 20.3 Å². The summed E-state index contributed by atoms with van der Waals surface area (Å²) >= 11 is 0. The normalized spacial score (nSPS) is 10.3. The van der Waals surface area contributed by atoms with Crippen LogP contribution in [0, 0.1) is 13.8 Å². The Morgan fingerprint density at radius 3 is 2.21 bits per heavy atom. The number of carbonyl (C=O) groups excluding carboxylic acids is 2. The van der Waals surface area contributed by atoms with Crippen molar-refractivity contribution in [1.82, 2.24) is 0 Å². The summed E-state index contributed by atoms with van der Waals surface area (Å²) in [5.41, 5.74) is 4.21. The molecule has 0 atom stereocenters. The fraction of sp³-hybridized carbons (Fsp3) is 0.167. The van der Waals surface area contributed by atoms with Crippen molar-refractivity contribution in [3.8, 4) is 5.75 Å². The van der Waals surface area contributed by atoms with Crippen molar-refractivity contribution >= 4 is 23.2 Å². The van der Waals surface area contributed by atoms with Crippen LogP contribution in [0.4, 0.5) is 11.4 Å². The molecule has 2 N–H and O–H groups in total. The van der Waals surface area contributed by atoms with Crippen LogP contribution in [0.25, 0.3) is 0 Å². The van der Waals surface area contributed by atoms with Gasteiger partial charge >= 0.3 is 0 Å². The molecule has 3 aromatic carbocycles. The molecule has 0 heterocycles. The average Bonchev–Trinajstić information content (AvgIpc) is 2.69. The standard InChI is InChI=1S/C24H24N2O3/c1-17-11-12-18(2)22(13-17)29-16-24(28)26-21-10-6-9-20(15-21)25-23(27)14-19-7-4-3-5-8-19/h3-13,15H,14,16H2,1-2H3,(H,25,27)(H,26,28). The molecule has 0 aliphatic carbocycles. The number of anilines is 2. The lowest BCUT2D eigenvalue weighted by Crippen LogP contribution is -2.20. The molecule has 0 unspecified atom stereocenters. The van der Waals surface area contributed by atoms with Gasteiger partial charge in [0.05, 0.1) is 6.42 Å². The van der Waals surface area contributed by atoms with E-state index in [1.807, 2.05) is 62.4 Å². The molecular formula is C24H24N2O3. The smallest absolute Gasteiger partial charge is 0.262 e. The van der Waals surface area contributed by atoms with E-state index in [0.717, 1.165) is 16.7 Å². The van der Waals surface area contributed by atoms with Crippen molar-refractivity contribution in [2.75, 3.05) is 17.2 Å². The van der Waals surface area contributed by atoms with E-state index in [1.54, 1.807) is 24.3 Å². The van der Waals surface area contributed by atoms with E-state index in [2.05, 4.69) is 10.6 Å². The minimum Gasteiger partial charge on any atom is -0.483 e. The molecule has 3 aromatic rings. The van der Waals surface area contributed by atoms with Gasteiger partial charge < -0.3 is 15.4 Å². The third-order valence-corrected chi connectivity index (χ3v) is 4.34. The first-order valence-electron chi connectivity index (χ1n) is 9.43. The van der Waals surface area contributed by atoms with Gasteiger partial charge in [-0.3, -0.25) is 9.59 Å². The summed E-state index contributed by atoms with van der Waals surface area (Å²) in [5.74, 6) is 0.318. The summed E-state index contributed by atoms with van der Waals surface area (Å²) in [6, 6.07) is 22.5. The molecule has 0 radical (unpaired) electrons. The number of rotatable bonds is 7. The molecule has 5 nitrogen and oxygen atoms in total. The fourth-order valence-electron chi connectivity index (χ4n) is 2.86. The number of aryl methyl sites for hydroxylation is 2. The van der Waals surface area contributed by atoms with Crippen molar-refractivity contribution in [3.05, 3.63) is 89.5 Å². The molecule has 0 fully saturated rings. The van der Waals surface area contributed by atoms with Crippen LogP contribution in [-0.2, 0) is 16.0 Å². The van der Waals surface area contributed by atoms with Gasteiger partial charge in [-0.2, -0.15) is 0 Å². The molecule has 0 spiro atoms. The third-order valence-electron chi connectivity index (χ3n) is 4.34. The Labute approximate surface area is 170 Å². The van der Waals surface area contributed by atoms with Crippen LogP contribution < -0.4 is 15.4 Å². The van der Waals surface area contributed by atoms with Crippen molar-refractivity contribution in [2.24, 2.45) is 0 Å².